The van der Waals surface area contributed by atoms with Gasteiger partial charge in [-0.3, -0.25) is 4.79 Å². The van der Waals surface area contributed by atoms with Gasteiger partial charge in [0.05, 0.1) is 12.0 Å². The van der Waals surface area contributed by atoms with Crippen LogP contribution in [0.2, 0.25) is 0 Å². The van der Waals surface area contributed by atoms with Crippen molar-refractivity contribution in [2.75, 3.05) is 24.0 Å². The smallest absolute Gasteiger partial charge is 0.319 e. The standard InChI is InChI=1S/C30H29N3O5S/c1-38-23-18-16-22(17-19-23)31-30(35)33-27(20-21-10-4-3-5-11-21)29(34)32-26-14-8-6-12-24(26)25-13-7-9-15-28(25)39(2,36)37/h3-19,27H,20H2,1-2H3,(H,32,34)(H2,31,33,35)/t27-/m0/s1. The monoisotopic (exact) mass is 543 g/mol. The molecule has 8 nitrogen and oxygen atoms in total. The van der Waals surface area contributed by atoms with Crippen LogP contribution in [0.15, 0.2) is 108 Å². The average molecular weight is 544 g/mol. The van der Waals surface area contributed by atoms with Crippen LogP contribution < -0.4 is 20.7 Å². The number of methoxy groups -OCH3 is 1. The summed E-state index contributed by atoms with van der Waals surface area (Å²) in [5.74, 6) is 0.200. The number of carbonyl (C=O) groups is 2. The molecule has 3 amide bonds. The minimum atomic E-state index is -3.52. The van der Waals surface area contributed by atoms with Crippen molar-refractivity contribution < 1.29 is 22.7 Å². The van der Waals surface area contributed by atoms with E-state index in [4.69, 9.17) is 4.74 Å². The predicted octanol–water partition coefficient (Wildman–Crippen LogP) is 5.14. The lowest BCUT2D eigenvalue weighted by molar-refractivity contribution is -0.117. The Morgan fingerprint density at radius 2 is 1.38 bits per heavy atom. The fourth-order valence-electron chi connectivity index (χ4n) is 4.12. The highest BCUT2D eigenvalue weighted by Crippen LogP contribution is 2.33. The molecule has 0 aliphatic carbocycles. The van der Waals surface area contributed by atoms with Crippen LogP contribution in [0.4, 0.5) is 16.2 Å². The van der Waals surface area contributed by atoms with E-state index in [1.165, 1.54) is 6.07 Å². The summed E-state index contributed by atoms with van der Waals surface area (Å²) in [7, 11) is -1.96. The van der Waals surface area contributed by atoms with Gasteiger partial charge < -0.3 is 20.7 Å². The number of hydrogen-bond acceptors (Lipinski definition) is 5. The molecule has 0 fully saturated rings. The fourth-order valence-corrected chi connectivity index (χ4v) is 5.02. The summed E-state index contributed by atoms with van der Waals surface area (Å²) in [6.45, 7) is 0. The van der Waals surface area contributed by atoms with E-state index in [0.29, 0.717) is 28.3 Å². The van der Waals surface area contributed by atoms with Crippen LogP contribution in [0.25, 0.3) is 11.1 Å². The number of sulfone groups is 1. The third-order valence-corrected chi connectivity index (χ3v) is 7.17. The first-order chi connectivity index (χ1) is 18.7. The van der Waals surface area contributed by atoms with Gasteiger partial charge in [0.2, 0.25) is 5.91 Å². The molecule has 4 rings (SSSR count). The van der Waals surface area contributed by atoms with Crippen molar-refractivity contribution in [1.29, 1.82) is 0 Å². The maximum absolute atomic E-state index is 13.6. The van der Waals surface area contributed by atoms with Gasteiger partial charge in [0.25, 0.3) is 0 Å². The van der Waals surface area contributed by atoms with Gasteiger partial charge in [-0.1, -0.05) is 66.7 Å². The molecule has 0 bridgehead atoms. The molecule has 39 heavy (non-hydrogen) atoms. The summed E-state index contributed by atoms with van der Waals surface area (Å²) in [4.78, 5) is 26.6. The van der Waals surface area contributed by atoms with E-state index in [0.717, 1.165) is 11.8 Å². The second-order valence-electron chi connectivity index (χ2n) is 8.87. The Hall–Kier alpha value is -4.63. The molecule has 3 N–H and O–H groups in total. The van der Waals surface area contributed by atoms with Crippen LogP contribution >= 0.6 is 0 Å². The molecule has 0 saturated carbocycles. The van der Waals surface area contributed by atoms with Crippen molar-refractivity contribution in [2.45, 2.75) is 17.4 Å². The minimum absolute atomic E-state index is 0.157. The average Bonchev–Trinajstić information content (AvgIpc) is 2.93. The number of benzene rings is 4. The first kappa shape index (κ1) is 27.4. The van der Waals surface area contributed by atoms with Gasteiger partial charge in [-0.2, -0.15) is 0 Å². The van der Waals surface area contributed by atoms with E-state index in [1.807, 2.05) is 30.3 Å². The maximum Gasteiger partial charge on any atom is 0.319 e. The van der Waals surface area contributed by atoms with Crippen molar-refractivity contribution in [3.63, 3.8) is 0 Å². The lowest BCUT2D eigenvalue weighted by Crippen LogP contribution is -2.47. The number of amides is 3. The Balaban J connectivity index is 1.59. The SMILES string of the molecule is COc1ccc(NC(=O)N[C@@H](Cc2ccccc2)C(=O)Nc2ccccc2-c2ccccc2S(C)(=O)=O)cc1. The summed E-state index contributed by atoms with van der Waals surface area (Å²) in [5.41, 5.74) is 2.84. The molecule has 200 valence electrons. The number of anilines is 2. The lowest BCUT2D eigenvalue weighted by atomic mass is 10.0. The number of para-hydroxylation sites is 1. The van der Waals surface area contributed by atoms with Crippen LogP contribution in [-0.2, 0) is 21.1 Å². The number of urea groups is 1. The molecular formula is C30H29N3O5S. The molecular weight excluding hydrogens is 514 g/mol. The third-order valence-electron chi connectivity index (χ3n) is 6.01. The van der Waals surface area contributed by atoms with E-state index in [2.05, 4.69) is 16.0 Å². The fraction of sp³-hybridized carbons (Fsp3) is 0.133. The molecule has 4 aromatic carbocycles. The molecule has 0 saturated heterocycles. The molecule has 0 aromatic heterocycles. The van der Waals surface area contributed by atoms with Gasteiger partial charge in [0.15, 0.2) is 9.84 Å². The Kier molecular flexibility index (Phi) is 8.63. The summed E-state index contributed by atoms with van der Waals surface area (Å²) in [6, 6.07) is 28.3. The largest absolute Gasteiger partial charge is 0.497 e. The van der Waals surface area contributed by atoms with E-state index in [-0.39, 0.29) is 11.3 Å². The van der Waals surface area contributed by atoms with Crippen LogP contribution in [0.1, 0.15) is 5.56 Å². The Morgan fingerprint density at radius 3 is 2.05 bits per heavy atom. The predicted molar refractivity (Wildman–Crippen MR) is 153 cm³/mol. The van der Waals surface area contributed by atoms with E-state index < -0.39 is 27.8 Å². The summed E-state index contributed by atoms with van der Waals surface area (Å²) in [6.07, 6.45) is 1.39. The van der Waals surface area contributed by atoms with Crippen molar-refractivity contribution in [1.82, 2.24) is 5.32 Å². The van der Waals surface area contributed by atoms with Gasteiger partial charge in [-0.25, -0.2) is 13.2 Å². The number of hydrogen-bond donors (Lipinski definition) is 3. The van der Waals surface area contributed by atoms with Crippen molar-refractivity contribution >= 4 is 33.2 Å². The maximum atomic E-state index is 13.6. The Labute approximate surface area is 228 Å². The van der Waals surface area contributed by atoms with Crippen LogP contribution in [0.5, 0.6) is 5.75 Å². The molecule has 1 atom stereocenters. The molecule has 4 aromatic rings. The zero-order valence-electron chi connectivity index (χ0n) is 21.5. The first-order valence-corrected chi connectivity index (χ1v) is 14.1. The van der Waals surface area contributed by atoms with E-state index in [9.17, 15) is 18.0 Å². The van der Waals surface area contributed by atoms with Crippen molar-refractivity contribution in [3.8, 4) is 16.9 Å². The topological polar surface area (TPSA) is 114 Å². The zero-order chi connectivity index (χ0) is 27.8. The first-order valence-electron chi connectivity index (χ1n) is 12.2. The highest BCUT2D eigenvalue weighted by molar-refractivity contribution is 7.90. The van der Waals surface area contributed by atoms with Gasteiger partial charge in [-0.15, -0.1) is 0 Å². The number of nitrogens with one attached hydrogen (secondary N) is 3. The Morgan fingerprint density at radius 1 is 0.769 bits per heavy atom. The number of ether oxygens (including phenoxy) is 1. The quantitative estimate of drug-likeness (QED) is 0.271. The summed E-state index contributed by atoms with van der Waals surface area (Å²) in [5, 5.41) is 8.41. The highest BCUT2D eigenvalue weighted by atomic mass is 32.2. The summed E-state index contributed by atoms with van der Waals surface area (Å²) >= 11 is 0. The second-order valence-corrected chi connectivity index (χ2v) is 10.9. The van der Waals surface area contributed by atoms with E-state index in [1.54, 1.807) is 73.8 Å². The molecule has 0 heterocycles. The third kappa shape index (κ3) is 7.24. The van der Waals surface area contributed by atoms with Crippen molar-refractivity contribution in [2.24, 2.45) is 0 Å². The molecule has 9 heteroatoms. The minimum Gasteiger partial charge on any atom is -0.497 e. The molecule has 0 unspecified atom stereocenters. The van der Waals surface area contributed by atoms with Crippen LogP contribution in [0, 0.1) is 0 Å². The number of rotatable bonds is 9. The molecule has 0 aliphatic heterocycles. The molecule has 0 spiro atoms. The molecule has 0 radical (unpaired) electrons. The lowest BCUT2D eigenvalue weighted by Gasteiger charge is -2.21. The van der Waals surface area contributed by atoms with Gasteiger partial charge >= 0.3 is 6.03 Å². The van der Waals surface area contributed by atoms with Gasteiger partial charge in [0, 0.05) is 35.2 Å². The normalized spacial score (nSPS) is 11.7. The molecule has 0 aliphatic rings. The van der Waals surface area contributed by atoms with Gasteiger partial charge in [0.1, 0.15) is 11.8 Å². The van der Waals surface area contributed by atoms with Crippen LogP contribution in [0.3, 0.4) is 0 Å². The Bertz CT molecular complexity index is 1560. The zero-order valence-corrected chi connectivity index (χ0v) is 22.4. The highest BCUT2D eigenvalue weighted by Gasteiger charge is 2.24. The summed E-state index contributed by atoms with van der Waals surface area (Å²) < 4.78 is 30.0. The van der Waals surface area contributed by atoms with E-state index >= 15 is 0 Å². The number of carbonyl (C=O) groups excluding carboxylic acids is 2. The van der Waals surface area contributed by atoms with Crippen molar-refractivity contribution in [3.05, 3.63) is 109 Å². The second kappa shape index (κ2) is 12.3. The van der Waals surface area contributed by atoms with Crippen LogP contribution in [-0.4, -0.2) is 39.8 Å². The van der Waals surface area contributed by atoms with Gasteiger partial charge in [-0.05, 0) is 42.0 Å².